The first-order valence-corrected chi connectivity index (χ1v) is 11.5. The number of amides is 2. The molecule has 2 aromatic rings. The second-order valence-corrected chi connectivity index (χ2v) is 9.16. The zero-order valence-corrected chi connectivity index (χ0v) is 18.5. The Kier molecular flexibility index (Phi) is 6.61. The number of nitrogens with one attached hydrogen (secondary N) is 1. The Morgan fingerprint density at radius 3 is 2.83 bits per heavy atom. The molecule has 1 N–H and O–H groups in total. The van der Waals surface area contributed by atoms with Gasteiger partial charge in [-0.15, -0.1) is 11.3 Å². The molecule has 2 aliphatic heterocycles. The van der Waals surface area contributed by atoms with E-state index in [0.29, 0.717) is 29.5 Å². The fraction of sp³-hybridized carbons (Fsp3) is 0.455. The van der Waals surface area contributed by atoms with Crippen molar-refractivity contribution in [2.75, 3.05) is 38.2 Å². The molecule has 3 heterocycles. The van der Waals surface area contributed by atoms with E-state index < -0.39 is 0 Å². The topological polar surface area (TPSA) is 61.9 Å². The molecular formula is C22H26ClN3O3S. The highest BCUT2D eigenvalue weighted by Crippen LogP contribution is 2.35. The maximum atomic E-state index is 12.9. The molecule has 8 heteroatoms. The SMILES string of the molecule is COc1ccc(Cl)cc1N1CC(C(=O)NCC(c2cccs2)N2CCCC2)CC1=O. The third kappa shape index (κ3) is 4.48. The summed E-state index contributed by atoms with van der Waals surface area (Å²) in [5, 5.41) is 5.71. The van der Waals surface area contributed by atoms with Crippen molar-refractivity contribution >= 4 is 40.4 Å². The molecule has 0 bridgehead atoms. The van der Waals surface area contributed by atoms with Crippen molar-refractivity contribution in [3.05, 3.63) is 45.6 Å². The fourth-order valence-corrected chi connectivity index (χ4v) is 5.30. The Labute approximate surface area is 185 Å². The van der Waals surface area contributed by atoms with E-state index in [1.807, 2.05) is 0 Å². The maximum absolute atomic E-state index is 12.9. The first-order chi connectivity index (χ1) is 14.6. The number of hydrogen-bond acceptors (Lipinski definition) is 5. The Bertz CT molecular complexity index is 899. The van der Waals surface area contributed by atoms with Gasteiger partial charge in [0.2, 0.25) is 11.8 Å². The monoisotopic (exact) mass is 447 g/mol. The average Bonchev–Trinajstić information content (AvgIpc) is 3.50. The summed E-state index contributed by atoms with van der Waals surface area (Å²) >= 11 is 7.84. The largest absolute Gasteiger partial charge is 0.495 e. The second kappa shape index (κ2) is 9.37. The van der Waals surface area contributed by atoms with Crippen molar-refractivity contribution in [1.29, 1.82) is 0 Å². The van der Waals surface area contributed by atoms with Crippen molar-refractivity contribution < 1.29 is 14.3 Å². The molecule has 0 aliphatic carbocycles. The van der Waals surface area contributed by atoms with Gasteiger partial charge in [0.25, 0.3) is 0 Å². The number of nitrogens with zero attached hydrogens (tertiary/aromatic N) is 2. The molecule has 1 aromatic heterocycles. The minimum absolute atomic E-state index is 0.0763. The Hall–Kier alpha value is -2.09. The van der Waals surface area contributed by atoms with Crippen LogP contribution in [0.25, 0.3) is 0 Å². The van der Waals surface area contributed by atoms with Crippen LogP contribution in [-0.4, -0.2) is 50.0 Å². The van der Waals surface area contributed by atoms with Crippen LogP contribution in [0, 0.1) is 5.92 Å². The molecule has 0 spiro atoms. The van der Waals surface area contributed by atoms with Gasteiger partial charge in [0.1, 0.15) is 5.75 Å². The summed E-state index contributed by atoms with van der Waals surface area (Å²) in [5.41, 5.74) is 0.610. The van der Waals surface area contributed by atoms with Crippen LogP contribution >= 0.6 is 22.9 Å². The lowest BCUT2D eigenvalue weighted by Crippen LogP contribution is -2.39. The van der Waals surface area contributed by atoms with Crippen LogP contribution in [0.2, 0.25) is 5.02 Å². The molecule has 0 radical (unpaired) electrons. The van der Waals surface area contributed by atoms with E-state index in [1.54, 1.807) is 41.5 Å². The quantitative estimate of drug-likeness (QED) is 0.702. The van der Waals surface area contributed by atoms with Gasteiger partial charge in [-0.3, -0.25) is 14.5 Å². The van der Waals surface area contributed by atoms with Crippen molar-refractivity contribution in [3.8, 4) is 5.75 Å². The molecule has 30 heavy (non-hydrogen) atoms. The van der Waals surface area contributed by atoms with Gasteiger partial charge in [0.15, 0.2) is 0 Å². The fourth-order valence-electron chi connectivity index (χ4n) is 4.28. The van der Waals surface area contributed by atoms with Gasteiger partial charge in [-0.1, -0.05) is 17.7 Å². The number of methoxy groups -OCH3 is 1. The van der Waals surface area contributed by atoms with Crippen LogP contribution in [0.1, 0.15) is 30.2 Å². The molecular weight excluding hydrogens is 422 g/mol. The number of likely N-dealkylation sites (tertiary alicyclic amines) is 1. The van der Waals surface area contributed by atoms with Gasteiger partial charge < -0.3 is 15.0 Å². The zero-order chi connectivity index (χ0) is 21.1. The van der Waals surface area contributed by atoms with E-state index in [0.717, 1.165) is 13.1 Å². The Morgan fingerprint density at radius 2 is 2.13 bits per heavy atom. The summed E-state index contributed by atoms with van der Waals surface area (Å²) in [6, 6.07) is 9.54. The molecule has 2 saturated heterocycles. The highest BCUT2D eigenvalue weighted by molar-refractivity contribution is 7.10. The number of carbonyl (C=O) groups is 2. The summed E-state index contributed by atoms with van der Waals surface area (Å²) < 4.78 is 5.38. The minimum Gasteiger partial charge on any atom is -0.495 e. The van der Waals surface area contributed by atoms with Crippen molar-refractivity contribution in [2.24, 2.45) is 5.92 Å². The number of thiophene rings is 1. The molecule has 2 unspecified atom stereocenters. The van der Waals surface area contributed by atoms with E-state index in [4.69, 9.17) is 16.3 Å². The molecule has 2 amide bonds. The third-order valence-electron chi connectivity index (χ3n) is 5.85. The van der Waals surface area contributed by atoms with Crippen LogP contribution < -0.4 is 15.0 Å². The summed E-state index contributed by atoms with van der Waals surface area (Å²) in [6.07, 6.45) is 2.58. The summed E-state index contributed by atoms with van der Waals surface area (Å²) in [5.74, 6) is 0.0158. The van der Waals surface area contributed by atoms with Crippen LogP contribution in [0.4, 0.5) is 5.69 Å². The molecule has 2 fully saturated rings. The van der Waals surface area contributed by atoms with E-state index in [2.05, 4.69) is 27.7 Å². The van der Waals surface area contributed by atoms with Gasteiger partial charge in [0.05, 0.1) is 24.8 Å². The van der Waals surface area contributed by atoms with E-state index in [-0.39, 0.29) is 30.2 Å². The maximum Gasteiger partial charge on any atom is 0.227 e. The summed E-state index contributed by atoms with van der Waals surface area (Å²) in [4.78, 5) is 30.9. The first-order valence-electron chi connectivity index (χ1n) is 10.3. The minimum atomic E-state index is -0.385. The lowest BCUT2D eigenvalue weighted by molar-refractivity contribution is -0.126. The normalized spacial score (nSPS) is 20.5. The highest BCUT2D eigenvalue weighted by atomic mass is 35.5. The molecule has 4 rings (SSSR count). The molecule has 160 valence electrons. The van der Waals surface area contributed by atoms with E-state index >= 15 is 0 Å². The zero-order valence-electron chi connectivity index (χ0n) is 17.0. The number of rotatable bonds is 7. The Balaban J connectivity index is 1.42. The molecule has 2 aliphatic rings. The van der Waals surface area contributed by atoms with E-state index in [1.165, 1.54) is 17.7 Å². The first kappa shape index (κ1) is 21.2. The van der Waals surface area contributed by atoms with Gasteiger partial charge in [0, 0.05) is 29.4 Å². The van der Waals surface area contributed by atoms with Crippen molar-refractivity contribution in [1.82, 2.24) is 10.2 Å². The number of benzene rings is 1. The third-order valence-corrected chi connectivity index (χ3v) is 7.06. The predicted octanol–water partition coefficient (Wildman–Crippen LogP) is 3.72. The average molecular weight is 448 g/mol. The van der Waals surface area contributed by atoms with Crippen LogP contribution in [-0.2, 0) is 9.59 Å². The standard InChI is InChI=1S/C22H26ClN3O3S/c1-29-19-7-6-16(23)12-17(19)26-14-15(11-21(26)27)22(28)24-13-18(20-5-4-10-30-20)25-8-2-3-9-25/h4-7,10,12,15,18H,2-3,8-9,11,13-14H2,1H3,(H,24,28). The van der Waals surface area contributed by atoms with Gasteiger partial charge >= 0.3 is 0 Å². The molecule has 0 saturated carbocycles. The van der Waals surface area contributed by atoms with Crippen LogP contribution in [0.5, 0.6) is 5.75 Å². The van der Waals surface area contributed by atoms with E-state index in [9.17, 15) is 9.59 Å². The number of hydrogen-bond donors (Lipinski definition) is 1. The molecule has 2 atom stereocenters. The second-order valence-electron chi connectivity index (χ2n) is 7.74. The summed E-state index contributed by atoms with van der Waals surface area (Å²) in [6.45, 7) is 3.00. The summed E-state index contributed by atoms with van der Waals surface area (Å²) in [7, 11) is 1.56. The number of halogens is 1. The van der Waals surface area contributed by atoms with Gasteiger partial charge in [-0.05, 0) is 55.6 Å². The Morgan fingerprint density at radius 1 is 1.33 bits per heavy atom. The van der Waals surface area contributed by atoms with Gasteiger partial charge in [-0.2, -0.15) is 0 Å². The lowest BCUT2D eigenvalue weighted by atomic mass is 10.1. The van der Waals surface area contributed by atoms with Crippen molar-refractivity contribution in [3.63, 3.8) is 0 Å². The van der Waals surface area contributed by atoms with Crippen LogP contribution in [0.15, 0.2) is 35.7 Å². The number of carbonyl (C=O) groups excluding carboxylic acids is 2. The van der Waals surface area contributed by atoms with Crippen LogP contribution in [0.3, 0.4) is 0 Å². The molecule has 1 aromatic carbocycles. The smallest absolute Gasteiger partial charge is 0.227 e. The van der Waals surface area contributed by atoms with Crippen molar-refractivity contribution in [2.45, 2.75) is 25.3 Å². The lowest BCUT2D eigenvalue weighted by Gasteiger charge is -2.27. The highest BCUT2D eigenvalue weighted by Gasteiger charge is 2.37. The number of anilines is 1. The predicted molar refractivity (Wildman–Crippen MR) is 119 cm³/mol. The number of ether oxygens (including phenoxy) is 1. The molecule has 6 nitrogen and oxygen atoms in total. The van der Waals surface area contributed by atoms with Gasteiger partial charge in [-0.25, -0.2) is 0 Å².